The molecule has 1 aromatic heterocycles. The number of carbonyl (C=O) groups excluding carboxylic acids is 2. The second-order valence-corrected chi connectivity index (χ2v) is 6.59. The maximum atomic E-state index is 11.7. The molecule has 4 nitrogen and oxygen atoms in total. The number of thiophene rings is 1. The summed E-state index contributed by atoms with van der Waals surface area (Å²) in [5.41, 5.74) is 0.687. The first kappa shape index (κ1) is 17.7. The van der Waals surface area contributed by atoms with Crippen molar-refractivity contribution in [2.24, 2.45) is 5.92 Å². The van der Waals surface area contributed by atoms with Crippen molar-refractivity contribution in [1.29, 1.82) is 0 Å². The van der Waals surface area contributed by atoms with E-state index in [0.29, 0.717) is 30.9 Å². The van der Waals surface area contributed by atoms with E-state index in [0.717, 1.165) is 12.8 Å². The van der Waals surface area contributed by atoms with Crippen molar-refractivity contribution in [2.45, 2.75) is 52.5 Å². The fraction of sp³-hybridized carbons (Fsp3) is 0.625. The van der Waals surface area contributed by atoms with Crippen LogP contribution < -0.4 is 10.6 Å². The van der Waals surface area contributed by atoms with Crippen molar-refractivity contribution in [3.05, 3.63) is 22.4 Å². The van der Waals surface area contributed by atoms with E-state index in [4.69, 9.17) is 0 Å². The van der Waals surface area contributed by atoms with Crippen LogP contribution in [-0.2, 0) is 4.79 Å². The Morgan fingerprint density at radius 2 is 2.00 bits per heavy atom. The summed E-state index contributed by atoms with van der Waals surface area (Å²) in [4.78, 5) is 23.4. The summed E-state index contributed by atoms with van der Waals surface area (Å²) in [7, 11) is 0. The van der Waals surface area contributed by atoms with Gasteiger partial charge in [-0.05, 0) is 43.6 Å². The molecule has 2 amide bonds. The van der Waals surface area contributed by atoms with E-state index >= 15 is 0 Å². The Hall–Kier alpha value is -1.36. The van der Waals surface area contributed by atoms with E-state index in [-0.39, 0.29) is 17.9 Å². The molecule has 1 unspecified atom stereocenters. The molecular weight excluding hydrogens is 284 g/mol. The molecular formula is C16H26N2O2S. The lowest BCUT2D eigenvalue weighted by atomic mass is 10.0. The number of carbonyl (C=O) groups is 2. The van der Waals surface area contributed by atoms with Gasteiger partial charge in [0.15, 0.2) is 0 Å². The van der Waals surface area contributed by atoms with Crippen LogP contribution in [0, 0.1) is 5.92 Å². The molecule has 0 aliphatic carbocycles. The molecule has 5 heteroatoms. The standard InChI is InChI=1S/C16H26N2O2S/c1-12(2)6-7-13(3)18-15(19)5-4-9-17-16(20)14-8-10-21-11-14/h8,10-13H,4-7,9H2,1-3H3,(H,17,20)(H,18,19). The Morgan fingerprint density at radius 1 is 1.24 bits per heavy atom. The molecule has 0 fully saturated rings. The predicted octanol–water partition coefficient (Wildman–Crippen LogP) is 3.20. The number of hydrogen-bond donors (Lipinski definition) is 2. The second-order valence-electron chi connectivity index (χ2n) is 5.81. The zero-order valence-corrected chi connectivity index (χ0v) is 14.0. The third-order valence-corrected chi connectivity index (χ3v) is 3.92. The molecule has 0 spiro atoms. The van der Waals surface area contributed by atoms with Gasteiger partial charge in [0, 0.05) is 30.0 Å². The van der Waals surface area contributed by atoms with Crippen LogP contribution in [0.2, 0.25) is 0 Å². The number of rotatable bonds is 9. The zero-order chi connectivity index (χ0) is 15.7. The van der Waals surface area contributed by atoms with Crippen LogP contribution in [0.1, 0.15) is 56.8 Å². The molecule has 1 atom stereocenters. The molecule has 1 aromatic rings. The topological polar surface area (TPSA) is 58.2 Å². The summed E-state index contributed by atoms with van der Waals surface area (Å²) in [5.74, 6) is 0.662. The molecule has 118 valence electrons. The highest BCUT2D eigenvalue weighted by Crippen LogP contribution is 2.07. The quantitative estimate of drug-likeness (QED) is 0.688. The van der Waals surface area contributed by atoms with E-state index < -0.39 is 0 Å². The normalized spacial score (nSPS) is 12.2. The van der Waals surface area contributed by atoms with Crippen molar-refractivity contribution < 1.29 is 9.59 Å². The van der Waals surface area contributed by atoms with E-state index in [2.05, 4.69) is 24.5 Å². The Labute approximate surface area is 131 Å². The molecule has 2 N–H and O–H groups in total. The molecule has 0 aliphatic heterocycles. The van der Waals surface area contributed by atoms with Crippen LogP contribution in [0.25, 0.3) is 0 Å². The van der Waals surface area contributed by atoms with Gasteiger partial charge in [0.1, 0.15) is 0 Å². The van der Waals surface area contributed by atoms with Gasteiger partial charge in [0.05, 0.1) is 0 Å². The maximum Gasteiger partial charge on any atom is 0.252 e. The van der Waals surface area contributed by atoms with Crippen LogP contribution in [0.15, 0.2) is 16.8 Å². The van der Waals surface area contributed by atoms with Crippen LogP contribution in [0.4, 0.5) is 0 Å². The van der Waals surface area contributed by atoms with E-state index in [1.165, 1.54) is 11.3 Å². The number of hydrogen-bond acceptors (Lipinski definition) is 3. The summed E-state index contributed by atoms with van der Waals surface area (Å²) < 4.78 is 0. The molecule has 21 heavy (non-hydrogen) atoms. The number of amides is 2. The first-order chi connectivity index (χ1) is 9.99. The van der Waals surface area contributed by atoms with Gasteiger partial charge in [-0.25, -0.2) is 0 Å². The van der Waals surface area contributed by atoms with E-state index in [1.54, 1.807) is 6.07 Å². The minimum atomic E-state index is -0.0676. The fourth-order valence-electron chi connectivity index (χ4n) is 1.95. The largest absolute Gasteiger partial charge is 0.354 e. The van der Waals surface area contributed by atoms with Crippen molar-refractivity contribution in [2.75, 3.05) is 6.54 Å². The molecule has 0 saturated heterocycles. The minimum absolute atomic E-state index is 0.0658. The lowest BCUT2D eigenvalue weighted by Crippen LogP contribution is -2.33. The van der Waals surface area contributed by atoms with Gasteiger partial charge in [-0.2, -0.15) is 11.3 Å². The lowest BCUT2D eigenvalue weighted by Gasteiger charge is -2.15. The molecule has 0 aromatic carbocycles. The van der Waals surface area contributed by atoms with Gasteiger partial charge < -0.3 is 10.6 Å². The molecule has 0 bridgehead atoms. The van der Waals surface area contributed by atoms with Crippen molar-refractivity contribution in [3.8, 4) is 0 Å². The maximum absolute atomic E-state index is 11.7. The van der Waals surface area contributed by atoms with Gasteiger partial charge in [0.2, 0.25) is 5.91 Å². The van der Waals surface area contributed by atoms with Crippen LogP contribution in [0.5, 0.6) is 0 Å². The van der Waals surface area contributed by atoms with Gasteiger partial charge >= 0.3 is 0 Å². The third kappa shape index (κ3) is 7.85. The SMILES string of the molecule is CC(C)CCC(C)NC(=O)CCCNC(=O)c1ccsc1. The molecule has 0 radical (unpaired) electrons. The van der Waals surface area contributed by atoms with Crippen LogP contribution >= 0.6 is 11.3 Å². The highest BCUT2D eigenvalue weighted by atomic mass is 32.1. The first-order valence-electron chi connectivity index (χ1n) is 7.58. The molecule has 1 rings (SSSR count). The van der Waals surface area contributed by atoms with Gasteiger partial charge in [-0.15, -0.1) is 0 Å². The number of nitrogens with one attached hydrogen (secondary N) is 2. The monoisotopic (exact) mass is 310 g/mol. The minimum Gasteiger partial charge on any atom is -0.354 e. The van der Waals surface area contributed by atoms with E-state index in [1.807, 2.05) is 17.7 Å². The third-order valence-electron chi connectivity index (χ3n) is 3.23. The average Bonchev–Trinajstić information content (AvgIpc) is 2.95. The smallest absolute Gasteiger partial charge is 0.252 e. The van der Waals surface area contributed by atoms with Gasteiger partial charge in [-0.3, -0.25) is 9.59 Å². The highest BCUT2D eigenvalue weighted by Gasteiger charge is 2.09. The Bertz CT molecular complexity index is 429. The van der Waals surface area contributed by atoms with Gasteiger partial charge in [0.25, 0.3) is 5.91 Å². The molecule has 0 saturated carbocycles. The van der Waals surface area contributed by atoms with Crippen molar-refractivity contribution in [1.82, 2.24) is 10.6 Å². The van der Waals surface area contributed by atoms with E-state index in [9.17, 15) is 9.59 Å². The zero-order valence-electron chi connectivity index (χ0n) is 13.1. The van der Waals surface area contributed by atoms with Crippen LogP contribution in [0.3, 0.4) is 0 Å². The predicted molar refractivity (Wildman–Crippen MR) is 87.6 cm³/mol. The highest BCUT2D eigenvalue weighted by molar-refractivity contribution is 7.08. The molecule has 0 aliphatic rings. The van der Waals surface area contributed by atoms with Crippen molar-refractivity contribution >= 4 is 23.2 Å². The average molecular weight is 310 g/mol. The van der Waals surface area contributed by atoms with Crippen molar-refractivity contribution in [3.63, 3.8) is 0 Å². The Morgan fingerprint density at radius 3 is 2.62 bits per heavy atom. The lowest BCUT2D eigenvalue weighted by molar-refractivity contribution is -0.121. The fourth-order valence-corrected chi connectivity index (χ4v) is 2.59. The van der Waals surface area contributed by atoms with Gasteiger partial charge in [-0.1, -0.05) is 13.8 Å². The summed E-state index contributed by atoms with van der Waals surface area (Å²) >= 11 is 1.50. The summed E-state index contributed by atoms with van der Waals surface area (Å²) in [6.07, 6.45) is 3.25. The van der Waals surface area contributed by atoms with Crippen LogP contribution in [-0.4, -0.2) is 24.4 Å². The second kappa shape index (κ2) is 9.55. The molecule has 1 heterocycles. The Balaban J connectivity index is 2.09. The summed E-state index contributed by atoms with van der Waals surface area (Å²) in [5, 5.41) is 9.52. The first-order valence-corrected chi connectivity index (χ1v) is 8.53. The summed E-state index contributed by atoms with van der Waals surface area (Å²) in [6, 6.07) is 2.02. The summed E-state index contributed by atoms with van der Waals surface area (Å²) in [6.45, 7) is 6.94. The Kier molecular flexibility index (Phi) is 8.05.